The summed E-state index contributed by atoms with van der Waals surface area (Å²) in [5.41, 5.74) is 6.81. The van der Waals surface area contributed by atoms with E-state index in [2.05, 4.69) is 107 Å². The van der Waals surface area contributed by atoms with Gasteiger partial charge in [-0.1, -0.05) is 0 Å². The van der Waals surface area contributed by atoms with Crippen LogP contribution >= 0.6 is 24.8 Å². The van der Waals surface area contributed by atoms with E-state index in [9.17, 15) is 0 Å². The topological polar surface area (TPSA) is 31.4 Å². The van der Waals surface area contributed by atoms with E-state index in [0.717, 1.165) is 22.8 Å². The molecule has 0 spiro atoms. The number of pyridine rings is 1. The first kappa shape index (κ1) is 31.4. The van der Waals surface area contributed by atoms with Crippen LogP contribution in [0, 0.1) is 20.8 Å². The minimum absolute atomic E-state index is 0. The van der Waals surface area contributed by atoms with E-state index in [1.54, 1.807) is 0 Å². The Balaban J connectivity index is 0.00000306. The summed E-state index contributed by atoms with van der Waals surface area (Å²) in [6.45, 7) is 19.6. The Labute approximate surface area is 230 Å². The molecule has 1 heterocycles. The number of aryl methyl sites for hydroxylation is 3. The van der Waals surface area contributed by atoms with E-state index in [-0.39, 0.29) is 35.6 Å². The third-order valence-electron chi connectivity index (χ3n) is 5.51. The summed E-state index contributed by atoms with van der Waals surface area (Å²) < 4.78 is 15.5. The van der Waals surface area contributed by atoms with E-state index < -0.39 is 18.2 Å². The Hall–Kier alpha value is -1.65. The maximum Gasteiger partial charge on any atom is -0.147 e. The summed E-state index contributed by atoms with van der Waals surface area (Å²) in [4.78, 5) is 4.60. The van der Waals surface area contributed by atoms with Crippen LogP contribution in [-0.2, 0) is 29.0 Å². The van der Waals surface area contributed by atoms with Gasteiger partial charge in [-0.05, 0) is 0 Å². The molecule has 190 valence electrons. The molecule has 0 aliphatic heterocycles. The molecule has 35 heavy (non-hydrogen) atoms. The molecule has 0 N–H and O–H groups in total. The van der Waals surface area contributed by atoms with Gasteiger partial charge in [0.25, 0.3) is 0 Å². The number of rotatable bonds is 5. The summed E-state index contributed by atoms with van der Waals surface area (Å²) >= 11 is -2.69. The smallest absolute Gasteiger partial charge is 0.147 e. The number of aromatic nitrogens is 1. The van der Waals surface area contributed by atoms with Gasteiger partial charge >= 0.3 is 207 Å². The van der Waals surface area contributed by atoms with Crippen LogP contribution in [0.15, 0.2) is 54.7 Å². The molecule has 0 amide bonds. The van der Waals surface area contributed by atoms with Gasteiger partial charge in [0.05, 0.1) is 0 Å². The van der Waals surface area contributed by atoms with Crippen LogP contribution in [0.3, 0.4) is 0 Å². The van der Waals surface area contributed by atoms with Gasteiger partial charge < -0.3 is 0 Å². The van der Waals surface area contributed by atoms with Crippen molar-refractivity contribution in [3.8, 4) is 11.5 Å². The second kappa shape index (κ2) is 12.5. The second-order valence-electron chi connectivity index (χ2n) is 10.9. The van der Waals surface area contributed by atoms with Crippen LogP contribution in [-0.4, -0.2) is 9.30 Å². The third-order valence-corrected chi connectivity index (χ3v) is 7.65. The summed E-state index contributed by atoms with van der Waals surface area (Å²) in [6.07, 6.45) is 1.89. The molecule has 3 rings (SSSR count). The second-order valence-corrected chi connectivity index (χ2v) is 13.0. The van der Waals surface area contributed by atoms with Crippen LogP contribution in [0.2, 0.25) is 0 Å². The summed E-state index contributed by atoms with van der Waals surface area (Å²) in [5, 5.41) is 0. The first-order chi connectivity index (χ1) is 15.3. The van der Waals surface area contributed by atoms with Crippen LogP contribution in [0.5, 0.6) is 11.5 Å². The van der Waals surface area contributed by atoms with E-state index in [4.69, 9.17) is 6.64 Å². The van der Waals surface area contributed by atoms with Crippen LogP contribution in [0.1, 0.15) is 75.1 Å². The molecular weight excluding hydrogens is 513 g/mol. The Morgan fingerprint density at radius 1 is 0.657 bits per heavy atom. The minimum Gasteiger partial charge on any atom is -0.147 e. The van der Waals surface area contributed by atoms with Crippen molar-refractivity contribution in [1.82, 2.24) is 4.98 Å². The van der Waals surface area contributed by atoms with Gasteiger partial charge in [0.15, 0.2) is 0 Å². The fourth-order valence-corrected chi connectivity index (χ4v) is 5.75. The van der Waals surface area contributed by atoms with Gasteiger partial charge in [0.2, 0.25) is 0 Å². The van der Waals surface area contributed by atoms with Gasteiger partial charge in [-0.3, -0.25) is 0 Å². The number of nitrogens with zero attached hydrogens (tertiary/aromatic N) is 1. The molecule has 0 atom stereocenters. The number of halogens is 2. The maximum absolute atomic E-state index is 6.71. The Kier molecular flexibility index (Phi) is 11.2. The van der Waals surface area contributed by atoms with Gasteiger partial charge in [-0.25, -0.2) is 0 Å². The van der Waals surface area contributed by atoms with Crippen molar-refractivity contribution in [1.29, 1.82) is 0 Å². The summed E-state index contributed by atoms with van der Waals surface area (Å²) in [7, 11) is 0. The summed E-state index contributed by atoms with van der Waals surface area (Å²) in [6, 6.07) is 16.9. The molecule has 0 bridgehead atoms. The van der Waals surface area contributed by atoms with E-state index in [0.29, 0.717) is 0 Å². The van der Waals surface area contributed by atoms with E-state index in [1.807, 2.05) is 19.2 Å². The molecule has 3 nitrogen and oxygen atoms in total. The predicted octanol–water partition coefficient (Wildman–Crippen LogP) is 8.20. The molecule has 0 aliphatic rings. The van der Waals surface area contributed by atoms with Crippen molar-refractivity contribution in [2.75, 3.05) is 0 Å². The molecule has 2 aromatic carbocycles. The zero-order chi connectivity index (χ0) is 24.4. The molecule has 0 saturated carbocycles. The van der Waals surface area contributed by atoms with Crippen molar-refractivity contribution in [2.24, 2.45) is 0 Å². The van der Waals surface area contributed by atoms with Gasteiger partial charge in [-0.2, -0.15) is 0 Å². The van der Waals surface area contributed by atoms with Crippen molar-refractivity contribution in [3.63, 3.8) is 0 Å². The van der Waals surface area contributed by atoms with Crippen molar-refractivity contribution >= 4 is 29.1 Å². The largest absolute Gasteiger partial charge is 0.147 e. The molecule has 0 saturated heterocycles. The van der Waals surface area contributed by atoms with Crippen LogP contribution < -0.4 is 6.64 Å². The monoisotopic (exact) mass is 551 g/mol. The molecule has 0 aliphatic carbocycles. The number of hydrogen-bond donors (Lipinski definition) is 0. The van der Waals surface area contributed by atoms with E-state index >= 15 is 0 Å². The quantitative estimate of drug-likeness (QED) is 0.299. The fraction of sp³-hybridized carbons (Fsp3) is 0.379. The molecule has 6 heteroatoms. The van der Waals surface area contributed by atoms with Crippen molar-refractivity contribution in [2.45, 2.75) is 73.1 Å². The molecule has 1 aromatic heterocycles. The fourth-order valence-electron chi connectivity index (χ4n) is 3.62. The molecule has 0 unspecified atom stereocenters. The predicted molar refractivity (Wildman–Crippen MR) is 150 cm³/mol. The molecule has 0 fully saturated rings. The van der Waals surface area contributed by atoms with Gasteiger partial charge in [0.1, 0.15) is 0 Å². The third kappa shape index (κ3) is 8.75. The average Bonchev–Trinajstić information content (AvgIpc) is 2.70. The normalized spacial score (nSPS) is 11.1. The van der Waals surface area contributed by atoms with Crippen molar-refractivity contribution in [3.05, 3.63) is 88.2 Å². The average molecular weight is 552 g/mol. The molecular formula is C29H39Cl2NO2Ti. The zero-order valence-electron chi connectivity index (χ0n) is 22.4. The Morgan fingerprint density at radius 3 is 1.46 bits per heavy atom. The molecule has 0 radical (unpaired) electrons. The maximum atomic E-state index is 6.71. The standard InChI is InChI=1S/2C11H16O.C7H7N.2ClH.Ti/c2*1-8-5-6-10(12)9(7-8)11(2,3)4;1-6-3-4-7(2)8-5-6;;;/h2*5-7,12H,1-4H3;2-5H,1H3;2*1H;/q;;;;;+2/p-2. The number of hydrogen-bond acceptors (Lipinski definition) is 3. The Bertz CT molecular complexity index is 1090. The van der Waals surface area contributed by atoms with Gasteiger partial charge in [0, 0.05) is 0 Å². The SMILES string of the molecule is Cc1ccc([CH]=[Ti]([O]c2ccc(C)cc2C(C)(C)C)[O]c2ccc(C)cc2C(C)(C)C)nc1.Cl.Cl. The first-order valence-corrected chi connectivity index (χ1v) is 13.7. The van der Waals surface area contributed by atoms with Crippen LogP contribution in [0.25, 0.3) is 0 Å². The van der Waals surface area contributed by atoms with Crippen LogP contribution in [0.4, 0.5) is 0 Å². The minimum atomic E-state index is -2.69. The summed E-state index contributed by atoms with van der Waals surface area (Å²) in [5.74, 6) is 1.80. The molecule has 3 aromatic rings. The first-order valence-electron chi connectivity index (χ1n) is 11.6. The Morgan fingerprint density at radius 2 is 1.09 bits per heavy atom. The number of benzene rings is 2. The van der Waals surface area contributed by atoms with Gasteiger partial charge in [-0.15, -0.1) is 24.8 Å². The van der Waals surface area contributed by atoms with Crippen molar-refractivity contribution < 1.29 is 24.8 Å². The van der Waals surface area contributed by atoms with E-state index in [1.165, 1.54) is 22.3 Å². The zero-order valence-corrected chi connectivity index (χ0v) is 25.5.